The van der Waals surface area contributed by atoms with E-state index in [0.717, 1.165) is 24.1 Å². The molecule has 1 aliphatic heterocycles. The first-order chi connectivity index (χ1) is 13.2. The molecule has 28 heavy (non-hydrogen) atoms. The summed E-state index contributed by atoms with van der Waals surface area (Å²) in [6.07, 6.45) is -3.57. The molecule has 1 amide bonds. The zero-order valence-electron chi connectivity index (χ0n) is 15.1. The van der Waals surface area contributed by atoms with Gasteiger partial charge >= 0.3 is 6.18 Å². The predicted molar refractivity (Wildman–Crippen MR) is 92.9 cm³/mol. The lowest BCUT2D eigenvalue weighted by Gasteiger charge is -2.44. The van der Waals surface area contributed by atoms with Gasteiger partial charge in [-0.15, -0.1) is 15.3 Å². The molecule has 8 nitrogen and oxygen atoms in total. The molecule has 1 saturated heterocycles. The van der Waals surface area contributed by atoms with Crippen molar-refractivity contribution in [2.75, 3.05) is 25.0 Å². The Morgan fingerprint density at radius 3 is 2.57 bits per heavy atom. The number of rotatable bonds is 3. The van der Waals surface area contributed by atoms with E-state index in [-0.39, 0.29) is 17.5 Å². The molecule has 1 fully saturated rings. The van der Waals surface area contributed by atoms with Crippen LogP contribution in [0.3, 0.4) is 0 Å². The van der Waals surface area contributed by atoms with Crippen LogP contribution >= 0.6 is 0 Å². The highest BCUT2D eigenvalue weighted by molar-refractivity contribution is 5.94. The fraction of sp³-hybridized carbons (Fsp3) is 0.353. The van der Waals surface area contributed by atoms with Crippen molar-refractivity contribution in [1.82, 2.24) is 29.7 Å². The maximum Gasteiger partial charge on any atom is 0.433 e. The number of hydrogen-bond donors (Lipinski definition) is 0. The maximum absolute atomic E-state index is 12.6. The van der Waals surface area contributed by atoms with E-state index in [1.807, 2.05) is 17.0 Å². The Hall–Kier alpha value is -3.24. The summed E-state index contributed by atoms with van der Waals surface area (Å²) in [4.78, 5) is 19.4. The van der Waals surface area contributed by atoms with Gasteiger partial charge < -0.3 is 9.80 Å². The lowest BCUT2D eigenvalue weighted by Crippen LogP contribution is -2.60. The SMILES string of the molecule is Cc1nnc2ccc(N3CC(N(C)C(=O)c4ccc(C(F)(F)F)nc4)C3)nn12. The Balaban J connectivity index is 1.41. The Kier molecular flexibility index (Phi) is 4.16. The minimum absolute atomic E-state index is 0.0747. The van der Waals surface area contributed by atoms with Crippen molar-refractivity contribution >= 4 is 17.4 Å². The number of carbonyl (C=O) groups is 1. The van der Waals surface area contributed by atoms with Gasteiger partial charge in [-0.2, -0.15) is 17.7 Å². The average molecular weight is 391 g/mol. The molecular weight excluding hydrogens is 375 g/mol. The topological polar surface area (TPSA) is 79.5 Å². The quantitative estimate of drug-likeness (QED) is 0.678. The number of halogens is 3. The molecule has 0 aromatic carbocycles. The third kappa shape index (κ3) is 3.12. The van der Waals surface area contributed by atoms with Gasteiger partial charge in [0.15, 0.2) is 11.5 Å². The van der Waals surface area contributed by atoms with Crippen LogP contribution in [0.1, 0.15) is 21.9 Å². The zero-order chi connectivity index (χ0) is 20.1. The summed E-state index contributed by atoms with van der Waals surface area (Å²) in [7, 11) is 1.63. The highest BCUT2D eigenvalue weighted by Gasteiger charge is 2.35. The van der Waals surface area contributed by atoms with Crippen LogP contribution in [0.5, 0.6) is 0 Å². The first kappa shape index (κ1) is 18.1. The molecule has 3 aromatic rings. The van der Waals surface area contributed by atoms with E-state index in [1.165, 1.54) is 4.90 Å². The standard InChI is InChI=1S/C17H16F3N7O/c1-10-22-23-14-5-6-15(24-27(10)14)26-8-12(9-26)25(2)16(28)11-3-4-13(21-7-11)17(18,19)20/h3-7,12H,8-9H2,1-2H3. The molecule has 0 spiro atoms. The monoisotopic (exact) mass is 391 g/mol. The van der Waals surface area contributed by atoms with E-state index in [9.17, 15) is 18.0 Å². The number of alkyl halides is 3. The molecule has 11 heteroatoms. The Labute approximate surface area is 157 Å². The lowest BCUT2D eigenvalue weighted by molar-refractivity contribution is -0.141. The number of aryl methyl sites for hydroxylation is 1. The summed E-state index contributed by atoms with van der Waals surface area (Å²) in [6.45, 7) is 2.94. The minimum atomic E-state index is -4.53. The average Bonchev–Trinajstić information content (AvgIpc) is 3.00. The number of nitrogens with zero attached hydrogens (tertiary/aromatic N) is 7. The van der Waals surface area contributed by atoms with Crippen molar-refractivity contribution in [3.05, 3.63) is 47.5 Å². The number of hydrogen-bond acceptors (Lipinski definition) is 6. The number of carbonyl (C=O) groups excluding carboxylic acids is 1. The first-order valence-corrected chi connectivity index (χ1v) is 8.48. The van der Waals surface area contributed by atoms with Crippen LogP contribution in [0.4, 0.5) is 19.0 Å². The van der Waals surface area contributed by atoms with E-state index >= 15 is 0 Å². The fourth-order valence-electron chi connectivity index (χ4n) is 3.00. The summed E-state index contributed by atoms with van der Waals surface area (Å²) in [6, 6.07) is 5.54. The molecule has 4 rings (SSSR count). The number of anilines is 1. The van der Waals surface area contributed by atoms with Crippen molar-refractivity contribution in [2.45, 2.75) is 19.1 Å². The zero-order valence-corrected chi connectivity index (χ0v) is 15.1. The number of likely N-dealkylation sites (N-methyl/N-ethyl adjacent to an activating group) is 1. The van der Waals surface area contributed by atoms with E-state index in [2.05, 4.69) is 20.3 Å². The Morgan fingerprint density at radius 2 is 1.93 bits per heavy atom. The second kappa shape index (κ2) is 6.43. The molecule has 0 bridgehead atoms. The summed E-state index contributed by atoms with van der Waals surface area (Å²) < 4.78 is 39.4. The summed E-state index contributed by atoms with van der Waals surface area (Å²) in [5.41, 5.74) is -0.249. The highest BCUT2D eigenvalue weighted by Crippen LogP contribution is 2.28. The molecule has 0 unspecified atom stereocenters. The number of amides is 1. The van der Waals surface area contributed by atoms with Crippen molar-refractivity contribution in [3.63, 3.8) is 0 Å². The predicted octanol–water partition coefficient (Wildman–Crippen LogP) is 1.81. The minimum Gasteiger partial charge on any atom is -0.351 e. The summed E-state index contributed by atoms with van der Waals surface area (Å²) in [5, 5.41) is 12.4. The van der Waals surface area contributed by atoms with Gasteiger partial charge in [0, 0.05) is 26.3 Å². The fourth-order valence-corrected chi connectivity index (χ4v) is 3.00. The number of pyridine rings is 1. The molecule has 0 saturated carbocycles. The second-order valence-electron chi connectivity index (χ2n) is 6.61. The van der Waals surface area contributed by atoms with E-state index < -0.39 is 11.9 Å². The summed E-state index contributed by atoms with van der Waals surface area (Å²) >= 11 is 0. The van der Waals surface area contributed by atoms with Crippen LogP contribution in [0, 0.1) is 6.92 Å². The molecule has 1 aliphatic rings. The van der Waals surface area contributed by atoms with Gasteiger partial charge in [0.05, 0.1) is 11.6 Å². The molecule has 146 valence electrons. The van der Waals surface area contributed by atoms with E-state index in [1.54, 1.807) is 18.5 Å². The lowest BCUT2D eigenvalue weighted by atomic mass is 10.1. The van der Waals surface area contributed by atoms with Crippen LogP contribution in [0.2, 0.25) is 0 Å². The van der Waals surface area contributed by atoms with Gasteiger partial charge in [0.2, 0.25) is 0 Å². The largest absolute Gasteiger partial charge is 0.433 e. The van der Waals surface area contributed by atoms with Gasteiger partial charge in [-0.1, -0.05) is 0 Å². The molecule has 0 aliphatic carbocycles. The normalized spacial score (nSPS) is 15.0. The van der Waals surface area contributed by atoms with Crippen molar-refractivity contribution in [2.24, 2.45) is 0 Å². The maximum atomic E-state index is 12.6. The molecule has 0 radical (unpaired) electrons. The molecule has 3 aromatic heterocycles. The second-order valence-corrected chi connectivity index (χ2v) is 6.61. The first-order valence-electron chi connectivity index (χ1n) is 8.48. The molecule has 0 N–H and O–H groups in total. The van der Waals surface area contributed by atoms with Crippen molar-refractivity contribution < 1.29 is 18.0 Å². The van der Waals surface area contributed by atoms with E-state index in [0.29, 0.717) is 24.6 Å². The third-order valence-electron chi connectivity index (χ3n) is 4.76. The Bertz CT molecular complexity index is 1030. The molecule has 0 atom stereocenters. The van der Waals surface area contributed by atoms with Crippen molar-refractivity contribution in [3.8, 4) is 0 Å². The third-order valence-corrected chi connectivity index (χ3v) is 4.76. The smallest absolute Gasteiger partial charge is 0.351 e. The Morgan fingerprint density at radius 1 is 1.18 bits per heavy atom. The van der Waals surface area contributed by atoms with Crippen LogP contribution in [0.15, 0.2) is 30.5 Å². The van der Waals surface area contributed by atoms with Gasteiger partial charge in [-0.3, -0.25) is 9.78 Å². The molecular formula is C17H16F3N7O. The summed E-state index contributed by atoms with van der Waals surface area (Å²) in [5.74, 6) is 1.05. The van der Waals surface area contributed by atoms with Crippen LogP contribution in [-0.2, 0) is 6.18 Å². The van der Waals surface area contributed by atoms with E-state index in [4.69, 9.17) is 0 Å². The van der Waals surface area contributed by atoms with Gasteiger partial charge in [0.1, 0.15) is 11.5 Å². The number of fused-ring (bicyclic) bond motifs is 1. The van der Waals surface area contributed by atoms with Gasteiger partial charge in [-0.05, 0) is 31.2 Å². The van der Waals surface area contributed by atoms with Crippen LogP contribution in [0.25, 0.3) is 5.65 Å². The van der Waals surface area contributed by atoms with Crippen LogP contribution < -0.4 is 4.90 Å². The van der Waals surface area contributed by atoms with Crippen molar-refractivity contribution in [1.29, 1.82) is 0 Å². The van der Waals surface area contributed by atoms with Gasteiger partial charge in [-0.25, -0.2) is 0 Å². The molecule has 4 heterocycles. The van der Waals surface area contributed by atoms with Gasteiger partial charge in [0.25, 0.3) is 5.91 Å². The number of aromatic nitrogens is 5. The van der Waals surface area contributed by atoms with Crippen LogP contribution in [-0.4, -0.2) is 61.8 Å². The highest BCUT2D eigenvalue weighted by atomic mass is 19.4.